The molecule has 17 heavy (non-hydrogen) atoms. The third-order valence-corrected chi connectivity index (χ3v) is 3.11. The van der Waals surface area contributed by atoms with Gasteiger partial charge in [-0.3, -0.25) is 0 Å². The van der Waals surface area contributed by atoms with Gasteiger partial charge in [0.1, 0.15) is 12.2 Å². The van der Waals surface area contributed by atoms with Gasteiger partial charge in [0.2, 0.25) is 0 Å². The second-order valence-corrected chi connectivity index (χ2v) is 4.38. The summed E-state index contributed by atoms with van der Waals surface area (Å²) in [5.41, 5.74) is 0.860. The first-order valence-electron chi connectivity index (χ1n) is 5.16. The predicted molar refractivity (Wildman–Crippen MR) is 68.3 cm³/mol. The molecule has 4 nitrogen and oxygen atoms in total. The van der Waals surface area contributed by atoms with Crippen molar-refractivity contribution in [1.29, 1.82) is 0 Å². The molecule has 0 fully saturated rings. The van der Waals surface area contributed by atoms with Crippen molar-refractivity contribution >= 4 is 23.2 Å². The molecule has 0 bridgehead atoms. The molecule has 90 valence electrons. The van der Waals surface area contributed by atoms with E-state index in [2.05, 4.69) is 15.4 Å². The Hall–Kier alpha value is -1.10. The van der Waals surface area contributed by atoms with Gasteiger partial charge in [-0.05, 0) is 19.2 Å². The summed E-state index contributed by atoms with van der Waals surface area (Å²) in [5.74, 6) is 0.850. The maximum Gasteiger partial charge on any atom is 0.141 e. The molecule has 0 radical (unpaired) electrons. The van der Waals surface area contributed by atoms with E-state index in [0.717, 1.165) is 11.4 Å². The van der Waals surface area contributed by atoms with E-state index in [0.29, 0.717) is 23.1 Å². The van der Waals surface area contributed by atoms with Gasteiger partial charge in [-0.25, -0.2) is 9.67 Å². The van der Waals surface area contributed by atoms with Crippen molar-refractivity contribution < 1.29 is 0 Å². The first kappa shape index (κ1) is 12.4. The average molecular weight is 271 g/mol. The zero-order chi connectivity index (χ0) is 12.3. The Morgan fingerprint density at radius 1 is 1.29 bits per heavy atom. The monoisotopic (exact) mass is 270 g/mol. The van der Waals surface area contributed by atoms with Gasteiger partial charge < -0.3 is 5.32 Å². The van der Waals surface area contributed by atoms with E-state index >= 15 is 0 Å². The molecule has 1 aromatic carbocycles. The number of hydrogen-bond acceptors (Lipinski definition) is 3. The number of rotatable bonds is 4. The molecule has 1 aromatic heterocycles. The minimum atomic E-state index is 0.523. The van der Waals surface area contributed by atoms with Crippen LogP contribution in [0, 0.1) is 0 Å². The van der Waals surface area contributed by atoms with E-state index in [1.165, 1.54) is 6.33 Å². The van der Waals surface area contributed by atoms with Crippen LogP contribution in [0.1, 0.15) is 11.4 Å². The predicted octanol–water partition coefficient (Wildman–Crippen LogP) is 2.35. The summed E-state index contributed by atoms with van der Waals surface area (Å²) in [6.45, 7) is 1.18. The number of nitrogens with one attached hydrogen (secondary N) is 1. The third kappa shape index (κ3) is 2.77. The highest BCUT2D eigenvalue weighted by atomic mass is 35.5. The standard InChI is InChI=1S/C11H12Cl2N4/c1-14-5-11-15-7-16-17(11)6-8-9(12)3-2-4-10(8)13/h2-4,7,14H,5-6H2,1H3. The van der Waals surface area contributed by atoms with E-state index in [1.807, 2.05) is 25.2 Å². The molecule has 1 heterocycles. The molecular weight excluding hydrogens is 259 g/mol. The summed E-state index contributed by atoms with van der Waals surface area (Å²) < 4.78 is 1.78. The Morgan fingerprint density at radius 2 is 2.00 bits per heavy atom. The van der Waals surface area contributed by atoms with Crippen LogP contribution in [0.5, 0.6) is 0 Å². The van der Waals surface area contributed by atoms with Gasteiger partial charge in [-0.1, -0.05) is 29.3 Å². The third-order valence-electron chi connectivity index (χ3n) is 2.40. The lowest BCUT2D eigenvalue weighted by Crippen LogP contribution is -2.14. The van der Waals surface area contributed by atoms with Crippen molar-refractivity contribution in [1.82, 2.24) is 20.1 Å². The highest BCUT2D eigenvalue weighted by molar-refractivity contribution is 6.35. The zero-order valence-electron chi connectivity index (χ0n) is 9.32. The van der Waals surface area contributed by atoms with Gasteiger partial charge in [0.05, 0.1) is 13.1 Å². The number of nitrogens with zero attached hydrogens (tertiary/aromatic N) is 3. The van der Waals surface area contributed by atoms with Crippen LogP contribution in [-0.2, 0) is 13.1 Å². The summed E-state index contributed by atoms with van der Waals surface area (Å²) >= 11 is 12.2. The summed E-state index contributed by atoms with van der Waals surface area (Å²) in [4.78, 5) is 4.16. The van der Waals surface area contributed by atoms with Crippen LogP contribution in [-0.4, -0.2) is 21.8 Å². The molecule has 6 heteroatoms. The Labute approximate surface area is 110 Å². The highest BCUT2D eigenvalue weighted by Gasteiger charge is 2.09. The fourth-order valence-corrected chi connectivity index (χ4v) is 2.07. The molecule has 0 aliphatic carbocycles. The van der Waals surface area contributed by atoms with Crippen LogP contribution in [0.3, 0.4) is 0 Å². The van der Waals surface area contributed by atoms with Crippen LogP contribution >= 0.6 is 23.2 Å². The van der Waals surface area contributed by atoms with Gasteiger partial charge in [0.15, 0.2) is 0 Å². The van der Waals surface area contributed by atoms with Gasteiger partial charge in [-0.2, -0.15) is 5.10 Å². The normalized spacial score (nSPS) is 10.8. The summed E-state index contributed by atoms with van der Waals surface area (Å²) in [6, 6.07) is 5.46. The van der Waals surface area contributed by atoms with Gasteiger partial charge >= 0.3 is 0 Å². The van der Waals surface area contributed by atoms with Gasteiger partial charge in [0.25, 0.3) is 0 Å². The molecule has 0 atom stereocenters. The Morgan fingerprint density at radius 3 is 2.65 bits per heavy atom. The van der Waals surface area contributed by atoms with Crippen molar-refractivity contribution in [3.8, 4) is 0 Å². The number of aromatic nitrogens is 3. The largest absolute Gasteiger partial charge is 0.313 e. The lowest BCUT2D eigenvalue weighted by atomic mass is 10.2. The first-order valence-corrected chi connectivity index (χ1v) is 5.92. The van der Waals surface area contributed by atoms with Crippen LogP contribution in [0.4, 0.5) is 0 Å². The minimum absolute atomic E-state index is 0.523. The van der Waals surface area contributed by atoms with Crippen LogP contribution in [0.15, 0.2) is 24.5 Å². The number of hydrogen-bond donors (Lipinski definition) is 1. The van der Waals surface area contributed by atoms with Crippen molar-refractivity contribution in [2.75, 3.05) is 7.05 Å². The quantitative estimate of drug-likeness (QED) is 0.928. The van der Waals surface area contributed by atoms with Crippen molar-refractivity contribution in [2.24, 2.45) is 0 Å². The summed E-state index contributed by atoms with van der Waals surface area (Å²) in [5, 5.41) is 8.48. The maximum atomic E-state index is 6.11. The fourth-order valence-electron chi connectivity index (χ4n) is 1.55. The van der Waals surface area contributed by atoms with E-state index < -0.39 is 0 Å². The van der Waals surface area contributed by atoms with E-state index in [9.17, 15) is 0 Å². The molecule has 0 saturated carbocycles. The molecule has 0 unspecified atom stereocenters. The average Bonchev–Trinajstić information content (AvgIpc) is 2.72. The van der Waals surface area contributed by atoms with Crippen molar-refractivity contribution in [2.45, 2.75) is 13.1 Å². The summed E-state index contributed by atoms with van der Waals surface area (Å²) in [6.07, 6.45) is 1.53. The second kappa shape index (κ2) is 5.49. The Kier molecular flexibility index (Phi) is 3.99. The topological polar surface area (TPSA) is 42.7 Å². The molecule has 0 aliphatic heterocycles. The van der Waals surface area contributed by atoms with Crippen molar-refractivity contribution in [3.05, 3.63) is 46.0 Å². The van der Waals surface area contributed by atoms with Gasteiger partial charge in [0, 0.05) is 15.6 Å². The first-order chi connectivity index (χ1) is 8.22. The smallest absolute Gasteiger partial charge is 0.141 e. The van der Waals surface area contributed by atoms with Crippen molar-refractivity contribution in [3.63, 3.8) is 0 Å². The van der Waals surface area contributed by atoms with E-state index in [-0.39, 0.29) is 0 Å². The maximum absolute atomic E-state index is 6.11. The Bertz CT molecular complexity index is 490. The summed E-state index contributed by atoms with van der Waals surface area (Å²) in [7, 11) is 1.86. The van der Waals surface area contributed by atoms with E-state index in [4.69, 9.17) is 23.2 Å². The van der Waals surface area contributed by atoms with Crippen LogP contribution in [0.2, 0.25) is 10.0 Å². The fraction of sp³-hybridized carbons (Fsp3) is 0.273. The molecule has 0 spiro atoms. The Balaban J connectivity index is 2.28. The molecule has 0 aliphatic rings. The number of halogens is 2. The zero-order valence-corrected chi connectivity index (χ0v) is 10.8. The molecule has 2 aromatic rings. The molecule has 1 N–H and O–H groups in total. The molecule has 0 amide bonds. The lowest BCUT2D eigenvalue weighted by molar-refractivity contribution is 0.613. The van der Waals surface area contributed by atoms with Crippen LogP contribution < -0.4 is 5.32 Å². The highest BCUT2D eigenvalue weighted by Crippen LogP contribution is 2.25. The second-order valence-electron chi connectivity index (χ2n) is 3.56. The minimum Gasteiger partial charge on any atom is -0.313 e. The SMILES string of the molecule is CNCc1ncnn1Cc1c(Cl)cccc1Cl. The number of benzene rings is 1. The van der Waals surface area contributed by atoms with Crippen LogP contribution in [0.25, 0.3) is 0 Å². The molecular formula is C11H12Cl2N4. The van der Waals surface area contributed by atoms with E-state index in [1.54, 1.807) is 4.68 Å². The van der Waals surface area contributed by atoms with Gasteiger partial charge in [-0.15, -0.1) is 0 Å². The lowest BCUT2D eigenvalue weighted by Gasteiger charge is -2.09. The molecule has 0 saturated heterocycles. The molecule has 2 rings (SSSR count).